The molecule has 0 aliphatic rings. The smallest absolute Gasteiger partial charge is 0.272 e. The molecule has 8 heteroatoms. The predicted octanol–water partition coefficient (Wildman–Crippen LogP) is 7.09. The van der Waals surface area contributed by atoms with Crippen LogP contribution in [-0.4, -0.2) is 23.5 Å². The van der Waals surface area contributed by atoms with E-state index >= 15 is 0 Å². The second-order valence-electron chi connectivity index (χ2n) is 9.52. The number of nitrogens with one attached hydrogen (secondary N) is 3. The van der Waals surface area contributed by atoms with Crippen LogP contribution in [0.25, 0.3) is 6.08 Å². The molecule has 0 saturated carbocycles. The zero-order chi connectivity index (χ0) is 29.2. The maximum Gasteiger partial charge on any atom is 0.272 e. The van der Waals surface area contributed by atoms with Crippen LogP contribution in [0.5, 0.6) is 0 Å². The lowest BCUT2D eigenvalue weighted by atomic mass is 10.0. The molecule has 0 atom stereocenters. The number of hydrogen-bond acceptors (Lipinski definition) is 4. The van der Waals surface area contributed by atoms with Gasteiger partial charge in [-0.25, -0.2) is 4.39 Å². The highest BCUT2D eigenvalue weighted by Gasteiger charge is 2.15. The van der Waals surface area contributed by atoms with Crippen molar-refractivity contribution in [1.82, 2.24) is 5.32 Å². The summed E-state index contributed by atoms with van der Waals surface area (Å²) in [6.07, 6.45) is 1.64. The van der Waals surface area contributed by atoms with Crippen LogP contribution in [0.15, 0.2) is 114 Å². The Kier molecular flexibility index (Phi) is 10.1. The van der Waals surface area contributed by atoms with Gasteiger partial charge in [-0.15, -0.1) is 11.8 Å². The van der Waals surface area contributed by atoms with Crippen molar-refractivity contribution in [2.24, 2.45) is 0 Å². The molecule has 0 spiro atoms. The molecule has 0 radical (unpaired) electrons. The molecule has 208 valence electrons. The van der Waals surface area contributed by atoms with Crippen molar-refractivity contribution < 1.29 is 18.8 Å². The van der Waals surface area contributed by atoms with Crippen molar-refractivity contribution in [3.05, 3.63) is 131 Å². The van der Waals surface area contributed by atoms with Gasteiger partial charge in [0.15, 0.2) is 0 Å². The summed E-state index contributed by atoms with van der Waals surface area (Å²) in [6.45, 7) is 4.21. The molecule has 0 saturated heterocycles. The lowest BCUT2D eigenvalue weighted by Gasteiger charge is -2.12. The Morgan fingerprint density at radius 1 is 0.780 bits per heavy atom. The van der Waals surface area contributed by atoms with Gasteiger partial charge in [0.2, 0.25) is 5.91 Å². The first kappa shape index (κ1) is 29.3. The van der Waals surface area contributed by atoms with Crippen LogP contribution in [-0.2, 0) is 9.59 Å². The standard InChI is InChI=1S/C33H30FN3O3S/c1-22(2)24-10-8-23(9-11-24)20-30(37-32(39)25-6-4-3-5-7-25)33(40)36-28-16-18-29(19-17-28)41-21-31(38)35-27-14-12-26(34)13-15-27/h3-20,22H,21H2,1-2H3,(H,35,38)(H,36,40)(H,37,39)/b30-20-. The summed E-state index contributed by atoms with van der Waals surface area (Å²) in [5, 5.41) is 8.30. The summed E-state index contributed by atoms with van der Waals surface area (Å²) in [4.78, 5) is 39.2. The Hall–Kier alpha value is -4.69. The van der Waals surface area contributed by atoms with E-state index in [9.17, 15) is 18.8 Å². The first-order valence-electron chi connectivity index (χ1n) is 13.0. The third kappa shape index (κ3) is 8.91. The Bertz CT molecular complexity index is 1520. The summed E-state index contributed by atoms with van der Waals surface area (Å²) < 4.78 is 13.0. The van der Waals surface area contributed by atoms with Crippen LogP contribution in [0, 0.1) is 5.82 Å². The fourth-order valence-corrected chi connectivity index (χ4v) is 4.50. The maximum absolute atomic E-state index is 13.3. The number of halogens is 1. The van der Waals surface area contributed by atoms with E-state index in [-0.39, 0.29) is 23.2 Å². The zero-order valence-corrected chi connectivity index (χ0v) is 23.5. The van der Waals surface area contributed by atoms with E-state index in [1.807, 2.05) is 30.3 Å². The van der Waals surface area contributed by atoms with Gasteiger partial charge in [0, 0.05) is 21.8 Å². The Labute approximate surface area is 243 Å². The van der Waals surface area contributed by atoms with Gasteiger partial charge in [-0.3, -0.25) is 14.4 Å². The lowest BCUT2D eigenvalue weighted by Crippen LogP contribution is -2.30. The Morgan fingerprint density at radius 3 is 2.02 bits per heavy atom. The van der Waals surface area contributed by atoms with E-state index in [0.29, 0.717) is 22.9 Å². The monoisotopic (exact) mass is 567 g/mol. The summed E-state index contributed by atoms with van der Waals surface area (Å²) in [6, 6.07) is 29.1. The van der Waals surface area contributed by atoms with E-state index in [2.05, 4.69) is 29.8 Å². The average Bonchev–Trinajstić information content (AvgIpc) is 2.98. The Balaban J connectivity index is 1.41. The highest BCUT2D eigenvalue weighted by molar-refractivity contribution is 8.00. The summed E-state index contributed by atoms with van der Waals surface area (Å²) in [5.41, 5.74) is 3.54. The van der Waals surface area contributed by atoms with Crippen LogP contribution in [0.2, 0.25) is 0 Å². The van der Waals surface area contributed by atoms with Crippen molar-refractivity contribution >= 4 is 46.9 Å². The van der Waals surface area contributed by atoms with E-state index in [4.69, 9.17) is 0 Å². The number of carbonyl (C=O) groups excluding carboxylic acids is 3. The maximum atomic E-state index is 13.3. The fourth-order valence-electron chi connectivity index (χ4n) is 3.80. The number of thioether (sulfide) groups is 1. The molecule has 0 heterocycles. The SMILES string of the molecule is CC(C)c1ccc(/C=C(\NC(=O)c2ccccc2)C(=O)Nc2ccc(SCC(=O)Nc3ccc(F)cc3)cc2)cc1. The molecule has 41 heavy (non-hydrogen) atoms. The van der Waals surface area contributed by atoms with Crippen molar-refractivity contribution in [3.63, 3.8) is 0 Å². The number of anilines is 2. The lowest BCUT2D eigenvalue weighted by molar-refractivity contribution is -0.114. The number of amides is 3. The Morgan fingerprint density at radius 2 is 1.39 bits per heavy atom. The topological polar surface area (TPSA) is 87.3 Å². The van der Waals surface area contributed by atoms with E-state index in [1.165, 1.54) is 41.6 Å². The summed E-state index contributed by atoms with van der Waals surface area (Å²) in [7, 11) is 0. The van der Waals surface area contributed by atoms with Gasteiger partial charge in [0.05, 0.1) is 5.75 Å². The minimum Gasteiger partial charge on any atom is -0.325 e. The number of hydrogen-bond donors (Lipinski definition) is 3. The molecular formula is C33H30FN3O3S. The van der Waals surface area contributed by atoms with Crippen LogP contribution < -0.4 is 16.0 Å². The molecule has 0 unspecified atom stereocenters. The van der Waals surface area contributed by atoms with Gasteiger partial charge in [-0.05, 0) is 83.8 Å². The molecule has 0 fully saturated rings. The van der Waals surface area contributed by atoms with Crippen molar-refractivity contribution in [2.45, 2.75) is 24.7 Å². The first-order chi connectivity index (χ1) is 19.8. The molecule has 0 aliphatic heterocycles. The predicted molar refractivity (Wildman–Crippen MR) is 163 cm³/mol. The van der Waals surface area contributed by atoms with Gasteiger partial charge in [0.25, 0.3) is 11.8 Å². The molecule has 0 aromatic heterocycles. The fraction of sp³-hybridized carbons (Fsp3) is 0.121. The molecule has 6 nitrogen and oxygen atoms in total. The van der Waals surface area contributed by atoms with Crippen molar-refractivity contribution in [2.75, 3.05) is 16.4 Å². The molecule has 3 amide bonds. The normalized spacial score (nSPS) is 11.2. The quantitative estimate of drug-likeness (QED) is 0.141. The van der Waals surface area contributed by atoms with Crippen molar-refractivity contribution in [3.8, 4) is 0 Å². The van der Waals surface area contributed by atoms with Gasteiger partial charge >= 0.3 is 0 Å². The summed E-state index contributed by atoms with van der Waals surface area (Å²) in [5.74, 6) is -0.913. The van der Waals surface area contributed by atoms with Gasteiger partial charge in [0.1, 0.15) is 11.5 Å². The molecule has 0 aliphatic carbocycles. The first-order valence-corrected chi connectivity index (χ1v) is 14.0. The molecular weight excluding hydrogens is 537 g/mol. The summed E-state index contributed by atoms with van der Waals surface area (Å²) >= 11 is 1.33. The van der Waals surface area contributed by atoms with Crippen LogP contribution in [0.1, 0.15) is 41.3 Å². The number of carbonyl (C=O) groups is 3. The van der Waals surface area contributed by atoms with Gasteiger partial charge < -0.3 is 16.0 Å². The van der Waals surface area contributed by atoms with E-state index in [0.717, 1.165) is 10.5 Å². The highest BCUT2D eigenvalue weighted by atomic mass is 32.2. The molecule has 4 aromatic rings. The van der Waals surface area contributed by atoms with E-state index < -0.39 is 11.8 Å². The largest absolute Gasteiger partial charge is 0.325 e. The minimum absolute atomic E-state index is 0.104. The van der Waals surface area contributed by atoms with E-state index in [1.54, 1.807) is 54.6 Å². The second kappa shape index (κ2) is 14.1. The second-order valence-corrected chi connectivity index (χ2v) is 10.6. The molecule has 4 rings (SSSR count). The van der Waals surface area contributed by atoms with Crippen LogP contribution >= 0.6 is 11.8 Å². The third-order valence-electron chi connectivity index (χ3n) is 6.05. The molecule has 0 bridgehead atoms. The average molecular weight is 568 g/mol. The highest BCUT2D eigenvalue weighted by Crippen LogP contribution is 2.22. The molecule has 4 aromatic carbocycles. The zero-order valence-electron chi connectivity index (χ0n) is 22.7. The molecule has 3 N–H and O–H groups in total. The minimum atomic E-state index is -0.471. The van der Waals surface area contributed by atoms with Gasteiger partial charge in [-0.2, -0.15) is 0 Å². The number of rotatable bonds is 10. The van der Waals surface area contributed by atoms with Gasteiger partial charge in [-0.1, -0.05) is 56.3 Å². The van der Waals surface area contributed by atoms with Crippen molar-refractivity contribution in [1.29, 1.82) is 0 Å². The van der Waals surface area contributed by atoms with Crippen LogP contribution in [0.4, 0.5) is 15.8 Å². The third-order valence-corrected chi connectivity index (χ3v) is 7.07. The number of benzene rings is 4. The van der Waals surface area contributed by atoms with Crippen LogP contribution in [0.3, 0.4) is 0 Å².